The summed E-state index contributed by atoms with van der Waals surface area (Å²) in [6.45, 7) is 1.31. The third kappa shape index (κ3) is 6.42. The highest BCUT2D eigenvalue weighted by atomic mass is 127. The van der Waals surface area contributed by atoms with Crippen molar-refractivity contribution >= 4 is 35.9 Å². The van der Waals surface area contributed by atoms with Gasteiger partial charge in [0.25, 0.3) is 0 Å². The average molecular weight is 483 g/mol. The molecule has 2 aromatic rings. The van der Waals surface area contributed by atoms with Crippen molar-refractivity contribution in [3.05, 3.63) is 65.2 Å². The molecule has 0 saturated carbocycles. The summed E-state index contributed by atoms with van der Waals surface area (Å²) < 4.78 is 10.1. The fraction of sp³-hybridized carbons (Fsp3) is 0.300. The fourth-order valence-corrected chi connectivity index (χ4v) is 2.62. The predicted octanol–water partition coefficient (Wildman–Crippen LogP) is 3.31. The number of aliphatic imine (C=N–C) groups is 1. The Labute approximate surface area is 177 Å². The van der Waals surface area contributed by atoms with Crippen LogP contribution in [0.3, 0.4) is 0 Å². The molecule has 0 amide bonds. The van der Waals surface area contributed by atoms with Crippen LogP contribution in [-0.2, 0) is 17.8 Å². The normalized spacial score (nSPS) is 10.6. The number of halogens is 1. The predicted molar refractivity (Wildman–Crippen MR) is 118 cm³/mol. The van der Waals surface area contributed by atoms with Crippen LogP contribution >= 0.6 is 24.0 Å². The van der Waals surface area contributed by atoms with Gasteiger partial charge in [0.1, 0.15) is 11.3 Å². The van der Waals surface area contributed by atoms with Crippen molar-refractivity contribution in [1.82, 2.24) is 10.2 Å². The van der Waals surface area contributed by atoms with Crippen molar-refractivity contribution in [2.75, 3.05) is 28.3 Å². The number of esters is 1. The number of carbonyl (C=O) groups excluding carboxylic acids is 1. The van der Waals surface area contributed by atoms with Crippen LogP contribution < -0.4 is 10.1 Å². The number of rotatable bonds is 6. The van der Waals surface area contributed by atoms with Gasteiger partial charge in [-0.3, -0.25) is 4.99 Å². The van der Waals surface area contributed by atoms with E-state index in [9.17, 15) is 4.79 Å². The summed E-state index contributed by atoms with van der Waals surface area (Å²) in [6.07, 6.45) is 0. The largest absolute Gasteiger partial charge is 0.496 e. The first-order valence-corrected chi connectivity index (χ1v) is 8.30. The van der Waals surface area contributed by atoms with E-state index >= 15 is 0 Å². The van der Waals surface area contributed by atoms with Crippen LogP contribution in [0.15, 0.2) is 53.5 Å². The number of guanidine groups is 1. The molecule has 0 heterocycles. The van der Waals surface area contributed by atoms with Gasteiger partial charge in [-0.25, -0.2) is 4.79 Å². The van der Waals surface area contributed by atoms with Crippen molar-refractivity contribution in [2.45, 2.75) is 13.1 Å². The Bertz CT molecular complexity index is 766. The number of hydrogen-bond acceptors (Lipinski definition) is 4. The van der Waals surface area contributed by atoms with Gasteiger partial charge in [-0.1, -0.05) is 36.4 Å². The lowest BCUT2D eigenvalue weighted by Crippen LogP contribution is -2.38. The third-order valence-electron chi connectivity index (χ3n) is 3.96. The highest BCUT2D eigenvalue weighted by molar-refractivity contribution is 14.0. The van der Waals surface area contributed by atoms with Gasteiger partial charge in [0.2, 0.25) is 0 Å². The molecule has 2 rings (SSSR count). The molecule has 1 N–H and O–H groups in total. The monoisotopic (exact) mass is 483 g/mol. The second kappa shape index (κ2) is 11.4. The second-order valence-corrected chi connectivity index (χ2v) is 5.77. The van der Waals surface area contributed by atoms with Crippen molar-refractivity contribution in [3.8, 4) is 5.75 Å². The third-order valence-corrected chi connectivity index (χ3v) is 3.96. The maximum Gasteiger partial charge on any atom is 0.341 e. The van der Waals surface area contributed by atoms with E-state index in [0.717, 1.165) is 18.1 Å². The van der Waals surface area contributed by atoms with E-state index in [2.05, 4.69) is 27.3 Å². The van der Waals surface area contributed by atoms with E-state index in [4.69, 9.17) is 9.47 Å². The van der Waals surface area contributed by atoms with Crippen LogP contribution in [0.4, 0.5) is 0 Å². The molecule has 0 aliphatic heterocycles. The van der Waals surface area contributed by atoms with Crippen molar-refractivity contribution < 1.29 is 14.3 Å². The van der Waals surface area contributed by atoms with Crippen molar-refractivity contribution in [3.63, 3.8) is 0 Å². The Kier molecular flexibility index (Phi) is 9.63. The van der Waals surface area contributed by atoms with E-state index in [1.807, 2.05) is 37.4 Å². The molecule has 0 radical (unpaired) electrons. The molecule has 0 unspecified atom stereocenters. The molecular weight excluding hydrogens is 457 g/mol. The first-order valence-electron chi connectivity index (χ1n) is 8.30. The summed E-state index contributed by atoms with van der Waals surface area (Å²) in [6, 6.07) is 15.6. The molecule has 146 valence electrons. The summed E-state index contributed by atoms with van der Waals surface area (Å²) in [7, 11) is 6.63. The lowest BCUT2D eigenvalue weighted by molar-refractivity contribution is 0.0597. The average Bonchev–Trinajstić information content (AvgIpc) is 2.68. The zero-order valence-electron chi connectivity index (χ0n) is 16.1. The Balaban J connectivity index is 0.00000364. The minimum absolute atomic E-state index is 0. The molecule has 27 heavy (non-hydrogen) atoms. The number of hydrogen-bond donors (Lipinski definition) is 1. The Hall–Kier alpha value is -2.29. The molecule has 0 saturated heterocycles. The first kappa shape index (κ1) is 22.8. The maximum absolute atomic E-state index is 11.7. The minimum Gasteiger partial charge on any atom is -0.496 e. The van der Waals surface area contributed by atoms with E-state index in [1.165, 1.54) is 19.8 Å². The van der Waals surface area contributed by atoms with Crippen LogP contribution in [0.1, 0.15) is 21.5 Å². The van der Waals surface area contributed by atoms with Crippen molar-refractivity contribution in [2.24, 2.45) is 4.99 Å². The van der Waals surface area contributed by atoms with Crippen LogP contribution in [0.5, 0.6) is 5.75 Å². The molecular formula is C20H26IN3O3. The van der Waals surface area contributed by atoms with Gasteiger partial charge in [0.15, 0.2) is 5.96 Å². The maximum atomic E-state index is 11.7. The molecule has 6 nitrogen and oxygen atoms in total. The smallest absolute Gasteiger partial charge is 0.341 e. The molecule has 0 atom stereocenters. The van der Waals surface area contributed by atoms with Crippen LogP contribution in [0.2, 0.25) is 0 Å². The molecule has 0 aliphatic rings. The summed E-state index contributed by atoms with van der Waals surface area (Å²) in [5.74, 6) is 0.855. The zero-order valence-corrected chi connectivity index (χ0v) is 18.4. The highest BCUT2D eigenvalue weighted by Gasteiger charge is 2.13. The number of nitrogens with zero attached hydrogens (tertiary/aromatic N) is 2. The van der Waals surface area contributed by atoms with Gasteiger partial charge in [-0.05, 0) is 23.3 Å². The molecule has 2 aromatic carbocycles. The Morgan fingerprint density at radius 3 is 2.41 bits per heavy atom. The standard InChI is InChI=1S/C20H25N3O3.HI/c1-21-20(23(2)14-15-8-6-5-7-9-15)22-13-16-10-11-17(19(24)26-4)18(12-16)25-3;/h5-12H,13-14H2,1-4H3,(H,21,22);1H. The van der Waals surface area contributed by atoms with Crippen molar-refractivity contribution in [1.29, 1.82) is 0 Å². The lowest BCUT2D eigenvalue weighted by atomic mass is 10.1. The molecule has 0 aliphatic carbocycles. The molecule has 0 fully saturated rings. The molecule has 0 aromatic heterocycles. The molecule has 7 heteroatoms. The van der Waals surface area contributed by atoms with Gasteiger partial charge >= 0.3 is 5.97 Å². The Morgan fingerprint density at radius 1 is 1.11 bits per heavy atom. The van der Waals surface area contributed by atoms with Crippen LogP contribution in [0, 0.1) is 0 Å². The van der Waals surface area contributed by atoms with Crippen LogP contribution in [-0.4, -0.2) is 45.1 Å². The van der Waals surface area contributed by atoms with Crippen LogP contribution in [0.25, 0.3) is 0 Å². The summed E-state index contributed by atoms with van der Waals surface area (Å²) >= 11 is 0. The van der Waals surface area contributed by atoms with E-state index in [1.54, 1.807) is 13.1 Å². The molecule has 0 bridgehead atoms. The second-order valence-electron chi connectivity index (χ2n) is 5.77. The first-order chi connectivity index (χ1) is 12.6. The highest BCUT2D eigenvalue weighted by Crippen LogP contribution is 2.21. The van der Waals surface area contributed by atoms with Gasteiger partial charge in [-0.15, -0.1) is 24.0 Å². The van der Waals surface area contributed by atoms with Gasteiger partial charge in [0.05, 0.1) is 14.2 Å². The zero-order chi connectivity index (χ0) is 18.9. The van der Waals surface area contributed by atoms with Gasteiger partial charge in [-0.2, -0.15) is 0 Å². The van der Waals surface area contributed by atoms with E-state index < -0.39 is 5.97 Å². The quantitative estimate of drug-likeness (QED) is 0.296. The van der Waals surface area contributed by atoms with Gasteiger partial charge in [0, 0.05) is 27.2 Å². The number of methoxy groups -OCH3 is 2. The summed E-state index contributed by atoms with van der Waals surface area (Å²) in [5, 5.41) is 3.32. The number of benzene rings is 2. The van der Waals surface area contributed by atoms with E-state index in [0.29, 0.717) is 17.9 Å². The number of carbonyl (C=O) groups is 1. The number of nitrogens with one attached hydrogen (secondary N) is 1. The molecule has 0 spiro atoms. The minimum atomic E-state index is -0.417. The summed E-state index contributed by atoms with van der Waals surface area (Å²) in [4.78, 5) is 18.1. The SMILES string of the molecule is CN=C(NCc1ccc(C(=O)OC)c(OC)c1)N(C)Cc1ccccc1.I. The van der Waals surface area contributed by atoms with E-state index in [-0.39, 0.29) is 24.0 Å². The fourth-order valence-electron chi connectivity index (χ4n) is 2.62. The number of ether oxygens (including phenoxy) is 2. The lowest BCUT2D eigenvalue weighted by Gasteiger charge is -2.22. The topological polar surface area (TPSA) is 63.2 Å². The van der Waals surface area contributed by atoms with Gasteiger partial charge < -0.3 is 19.7 Å². The Morgan fingerprint density at radius 2 is 1.81 bits per heavy atom. The summed E-state index contributed by atoms with van der Waals surface area (Å²) in [5.41, 5.74) is 2.59.